The number of carbonyl (C=O) groups is 1. The van der Waals surface area contributed by atoms with Crippen LogP contribution in [-0.2, 0) is 0 Å². The summed E-state index contributed by atoms with van der Waals surface area (Å²) in [4.78, 5) is 35.1. The molecule has 0 saturated heterocycles. The van der Waals surface area contributed by atoms with E-state index in [1.807, 2.05) is 0 Å². The molecule has 0 saturated carbocycles. The molecule has 23 heavy (non-hydrogen) atoms. The predicted octanol–water partition coefficient (Wildman–Crippen LogP) is 0.634. The van der Waals surface area contributed by atoms with Crippen molar-refractivity contribution in [3.05, 3.63) is 44.5 Å². The lowest BCUT2D eigenvalue weighted by molar-refractivity contribution is -0.384. The van der Waals surface area contributed by atoms with E-state index in [-0.39, 0.29) is 22.6 Å². The van der Waals surface area contributed by atoms with Gasteiger partial charge in [-0.2, -0.15) is 10.2 Å². The lowest BCUT2D eigenvalue weighted by atomic mass is 10.2. The predicted molar refractivity (Wildman–Crippen MR) is 70.8 cm³/mol. The van der Waals surface area contributed by atoms with Crippen LogP contribution >= 0.6 is 0 Å². The smallest absolute Gasteiger partial charge is 0.363 e. The third kappa shape index (κ3) is 2.11. The first-order valence-corrected chi connectivity index (χ1v) is 5.84. The van der Waals surface area contributed by atoms with Gasteiger partial charge in [-0.25, -0.2) is 14.3 Å². The molecule has 2 N–H and O–H groups in total. The quantitative estimate of drug-likeness (QED) is 0.514. The summed E-state index contributed by atoms with van der Waals surface area (Å²) in [6.45, 7) is 0. The van der Waals surface area contributed by atoms with Gasteiger partial charge in [0.15, 0.2) is 0 Å². The van der Waals surface area contributed by atoms with Gasteiger partial charge in [0.1, 0.15) is 11.9 Å². The number of fused-ring (bicyclic) bond motifs is 1. The number of nitro groups is 2. The van der Waals surface area contributed by atoms with Gasteiger partial charge in [-0.3, -0.25) is 25.3 Å². The number of rotatable bonds is 4. The number of aromatic nitrogens is 5. The number of hydrogen-bond donors (Lipinski definition) is 2. The van der Waals surface area contributed by atoms with E-state index in [2.05, 4.69) is 20.3 Å². The summed E-state index contributed by atoms with van der Waals surface area (Å²) in [6.07, 6.45) is 3.30. The zero-order chi connectivity index (χ0) is 16.7. The molecule has 0 radical (unpaired) electrons. The Morgan fingerprint density at radius 1 is 1.26 bits per heavy atom. The van der Waals surface area contributed by atoms with E-state index in [4.69, 9.17) is 5.11 Å². The Labute approximate surface area is 124 Å². The number of carboxylic acid groups (broad SMARTS) is 1. The average Bonchev–Trinajstić information content (AvgIpc) is 3.10. The molecule has 3 aromatic heterocycles. The van der Waals surface area contributed by atoms with E-state index < -0.39 is 27.2 Å². The number of aromatic carboxylic acids is 1. The molecule has 13 heteroatoms. The van der Waals surface area contributed by atoms with E-state index in [1.54, 1.807) is 0 Å². The zero-order valence-corrected chi connectivity index (χ0v) is 10.9. The highest BCUT2D eigenvalue weighted by molar-refractivity contribution is 5.93. The van der Waals surface area contributed by atoms with Gasteiger partial charge in [0.05, 0.1) is 9.85 Å². The fourth-order valence-corrected chi connectivity index (χ4v) is 1.99. The average molecular weight is 319 g/mol. The first-order valence-electron chi connectivity index (χ1n) is 5.84. The summed E-state index contributed by atoms with van der Waals surface area (Å²) in [5, 5.41) is 40.4. The van der Waals surface area contributed by atoms with Crippen LogP contribution in [0, 0.1) is 20.2 Å². The minimum absolute atomic E-state index is 0.0134. The first kappa shape index (κ1) is 14.1. The van der Waals surface area contributed by atoms with E-state index in [1.165, 1.54) is 6.20 Å². The number of carboxylic acids is 1. The molecule has 0 aliphatic heterocycles. The van der Waals surface area contributed by atoms with Crippen LogP contribution in [0.1, 0.15) is 10.5 Å². The lowest BCUT2D eigenvalue weighted by Crippen LogP contribution is -2.01. The molecule has 0 fully saturated rings. The topological polar surface area (TPSA) is 182 Å². The molecule has 0 atom stereocenters. The highest BCUT2D eigenvalue weighted by Crippen LogP contribution is 2.29. The molecule has 0 unspecified atom stereocenters. The highest BCUT2D eigenvalue weighted by atomic mass is 16.6. The Balaban J connectivity index is 2.24. The van der Waals surface area contributed by atoms with E-state index >= 15 is 0 Å². The summed E-state index contributed by atoms with van der Waals surface area (Å²) >= 11 is 0. The second kappa shape index (κ2) is 4.83. The van der Waals surface area contributed by atoms with Gasteiger partial charge in [-0.15, -0.1) is 0 Å². The van der Waals surface area contributed by atoms with Crippen LogP contribution in [0.3, 0.4) is 0 Å². The molecule has 0 spiro atoms. The van der Waals surface area contributed by atoms with Crippen molar-refractivity contribution in [2.24, 2.45) is 0 Å². The van der Waals surface area contributed by atoms with Crippen LogP contribution in [0.4, 0.5) is 11.4 Å². The van der Waals surface area contributed by atoms with Crippen molar-refractivity contribution in [2.75, 3.05) is 0 Å². The number of H-pyrrole nitrogens is 1. The van der Waals surface area contributed by atoms with Gasteiger partial charge >= 0.3 is 17.3 Å². The minimum atomic E-state index is -1.59. The Hall–Kier alpha value is -3.90. The molecule has 0 bridgehead atoms. The number of nitrogens with zero attached hydrogens (tertiary/aromatic N) is 6. The summed E-state index contributed by atoms with van der Waals surface area (Å²) in [5.41, 5.74) is -1.98. The zero-order valence-electron chi connectivity index (χ0n) is 10.9. The maximum Gasteiger partial charge on any atom is 0.363 e. The van der Waals surface area contributed by atoms with Crippen LogP contribution in [-0.4, -0.2) is 45.7 Å². The molecule has 3 rings (SSSR count). The fraction of sp³-hybridized carbons (Fsp3) is 0. The summed E-state index contributed by atoms with van der Waals surface area (Å²) in [5.74, 6) is -1.59. The Morgan fingerprint density at radius 3 is 2.61 bits per heavy atom. The van der Waals surface area contributed by atoms with E-state index in [9.17, 15) is 25.0 Å². The normalized spacial score (nSPS) is 10.8. The first-order chi connectivity index (χ1) is 10.9. The monoisotopic (exact) mass is 319 g/mol. The van der Waals surface area contributed by atoms with Crippen molar-refractivity contribution in [1.82, 2.24) is 24.8 Å². The minimum Gasteiger partial charge on any atom is -0.476 e. The Morgan fingerprint density at radius 2 is 2.00 bits per heavy atom. The number of nitrogens with one attached hydrogen (secondary N) is 1. The summed E-state index contributed by atoms with van der Waals surface area (Å²) < 4.78 is 0.876. The Bertz CT molecular complexity index is 973. The van der Waals surface area contributed by atoms with Gasteiger partial charge in [-0.05, 0) is 0 Å². The summed E-state index contributed by atoms with van der Waals surface area (Å²) in [6, 6.07) is 0. The van der Waals surface area contributed by atoms with E-state index in [0.717, 1.165) is 16.9 Å². The van der Waals surface area contributed by atoms with Crippen LogP contribution in [0.5, 0.6) is 0 Å². The highest BCUT2D eigenvalue weighted by Gasteiger charge is 2.30. The van der Waals surface area contributed by atoms with Crippen LogP contribution in [0.15, 0.2) is 18.6 Å². The molecule has 13 nitrogen and oxygen atoms in total. The van der Waals surface area contributed by atoms with Gasteiger partial charge < -0.3 is 5.11 Å². The van der Waals surface area contributed by atoms with Crippen molar-refractivity contribution in [3.63, 3.8) is 0 Å². The second-order valence-electron chi connectivity index (χ2n) is 4.26. The molecule has 116 valence electrons. The van der Waals surface area contributed by atoms with Crippen LogP contribution < -0.4 is 0 Å². The summed E-state index contributed by atoms with van der Waals surface area (Å²) in [7, 11) is 0. The van der Waals surface area contributed by atoms with Gasteiger partial charge in [0, 0.05) is 18.0 Å². The molecule has 3 heterocycles. The number of hydrogen-bond acceptors (Lipinski definition) is 8. The van der Waals surface area contributed by atoms with Crippen molar-refractivity contribution < 1.29 is 19.7 Å². The molecule has 0 aliphatic carbocycles. The van der Waals surface area contributed by atoms with Crippen molar-refractivity contribution >= 4 is 23.0 Å². The number of aromatic amines is 1. The van der Waals surface area contributed by atoms with Gasteiger partial charge in [-0.1, -0.05) is 0 Å². The lowest BCUT2D eigenvalue weighted by Gasteiger charge is -1.98. The molecular formula is C10H5N7O6. The van der Waals surface area contributed by atoms with Crippen molar-refractivity contribution in [1.29, 1.82) is 0 Å². The van der Waals surface area contributed by atoms with Crippen molar-refractivity contribution in [2.45, 2.75) is 0 Å². The maximum atomic E-state index is 11.0. The molecular weight excluding hydrogens is 314 g/mol. The molecule has 0 aliphatic rings. The third-order valence-electron chi connectivity index (χ3n) is 2.94. The maximum absolute atomic E-state index is 11.0. The fourth-order valence-electron chi connectivity index (χ4n) is 1.99. The van der Waals surface area contributed by atoms with Crippen LogP contribution in [0.2, 0.25) is 0 Å². The SMILES string of the molecule is O=C(O)c1nn2cc(-c3[nH]ncc3[N+](=O)[O-])cnc2c1[N+](=O)[O-]. The Kier molecular flexibility index (Phi) is 2.95. The van der Waals surface area contributed by atoms with E-state index in [0.29, 0.717) is 0 Å². The van der Waals surface area contributed by atoms with Gasteiger partial charge in [0.2, 0.25) is 11.3 Å². The van der Waals surface area contributed by atoms with Crippen LogP contribution in [0.25, 0.3) is 16.9 Å². The van der Waals surface area contributed by atoms with Gasteiger partial charge in [0.25, 0.3) is 0 Å². The molecule has 0 amide bonds. The largest absolute Gasteiger partial charge is 0.476 e. The molecule has 3 aromatic rings. The van der Waals surface area contributed by atoms with Crippen molar-refractivity contribution in [3.8, 4) is 11.3 Å². The third-order valence-corrected chi connectivity index (χ3v) is 2.94. The standard InChI is InChI=1S/C10H5N7O6/c18-10(19)7-8(17(22)23)9-11-1-4(3-15(9)14-7)6-5(16(20)21)2-12-13-6/h1-3H,(H,12,13)(H,18,19). The second-order valence-corrected chi connectivity index (χ2v) is 4.26. The molecule has 0 aromatic carbocycles.